The van der Waals surface area contributed by atoms with E-state index in [1.54, 1.807) is 0 Å². The van der Waals surface area contributed by atoms with Gasteiger partial charge in [0.15, 0.2) is 0 Å². The van der Waals surface area contributed by atoms with Crippen LogP contribution in [0.3, 0.4) is 0 Å². The molecule has 1 heterocycles. The summed E-state index contributed by atoms with van der Waals surface area (Å²) >= 11 is 0. The van der Waals surface area contributed by atoms with Crippen molar-refractivity contribution in [2.45, 2.75) is 18.9 Å². The van der Waals surface area contributed by atoms with Crippen molar-refractivity contribution in [3.8, 4) is 0 Å². The Morgan fingerprint density at radius 2 is 2.50 bits per heavy atom. The van der Waals surface area contributed by atoms with E-state index in [0.29, 0.717) is 12.6 Å². The highest BCUT2D eigenvalue weighted by atomic mass is 16.3. The minimum Gasteiger partial charge on any atom is -0.395 e. The Labute approximate surface area is 62.2 Å². The molecule has 1 aliphatic rings. The summed E-state index contributed by atoms with van der Waals surface area (Å²) in [7, 11) is 0. The summed E-state index contributed by atoms with van der Waals surface area (Å²) in [5.74, 6) is 0. The van der Waals surface area contributed by atoms with Crippen LogP contribution in [0.5, 0.6) is 0 Å². The molecule has 1 rings (SSSR count). The molecule has 1 aliphatic heterocycles. The lowest BCUT2D eigenvalue weighted by Gasteiger charge is -2.20. The minimum absolute atomic E-state index is 0.299. The average molecular weight is 141 g/mol. The van der Waals surface area contributed by atoms with Crippen molar-refractivity contribution in [2.24, 2.45) is 0 Å². The fraction of sp³-hybridized carbons (Fsp3) is 0.750. The maximum atomic E-state index is 8.89. The van der Waals surface area contributed by atoms with E-state index >= 15 is 0 Å². The van der Waals surface area contributed by atoms with Gasteiger partial charge in [-0.2, -0.15) is 0 Å². The Hall–Kier alpha value is -0.340. The van der Waals surface area contributed by atoms with Crippen molar-refractivity contribution in [1.29, 1.82) is 0 Å². The maximum absolute atomic E-state index is 8.89. The number of hydrogen-bond donors (Lipinski definition) is 1. The lowest BCUT2D eigenvalue weighted by atomic mass is 10.2. The first kappa shape index (κ1) is 7.76. The predicted octanol–water partition coefficient (Wildman–Crippen LogP) is 0.629. The summed E-state index contributed by atoms with van der Waals surface area (Å²) in [4.78, 5) is 2.27. The van der Waals surface area contributed by atoms with Crippen molar-refractivity contribution < 1.29 is 5.11 Å². The van der Waals surface area contributed by atoms with Gasteiger partial charge in [0.25, 0.3) is 0 Å². The zero-order valence-electron chi connectivity index (χ0n) is 6.29. The number of aliphatic hydroxyl groups is 1. The van der Waals surface area contributed by atoms with Crippen LogP contribution in [0.1, 0.15) is 12.8 Å². The molecular formula is C8H15NO. The molecule has 1 N–H and O–H groups in total. The van der Waals surface area contributed by atoms with E-state index in [0.717, 1.165) is 19.5 Å². The molecule has 0 aromatic carbocycles. The third-order valence-electron chi connectivity index (χ3n) is 2.07. The van der Waals surface area contributed by atoms with Crippen molar-refractivity contribution in [2.75, 3.05) is 19.7 Å². The molecule has 2 nitrogen and oxygen atoms in total. The quantitative estimate of drug-likeness (QED) is 0.583. The first-order chi connectivity index (χ1) is 4.88. The van der Waals surface area contributed by atoms with Crippen LogP contribution >= 0.6 is 0 Å². The Morgan fingerprint density at radius 3 is 3.10 bits per heavy atom. The molecule has 0 unspecified atom stereocenters. The maximum Gasteiger partial charge on any atom is 0.0587 e. The average Bonchev–Trinajstić information content (AvgIpc) is 2.36. The van der Waals surface area contributed by atoms with Crippen molar-refractivity contribution >= 4 is 0 Å². The molecule has 0 aromatic heterocycles. The fourth-order valence-electron chi connectivity index (χ4n) is 1.51. The van der Waals surface area contributed by atoms with Crippen molar-refractivity contribution in [3.63, 3.8) is 0 Å². The standard InChI is InChI=1S/C8H15NO/c1-2-5-9-6-3-4-8(9)7-10/h2,8,10H,1,3-7H2/t8-/m0/s1. The van der Waals surface area contributed by atoms with Gasteiger partial charge in [0.05, 0.1) is 6.61 Å². The Bertz CT molecular complexity index is 114. The summed E-state index contributed by atoms with van der Waals surface area (Å²) in [5, 5.41) is 8.89. The van der Waals surface area contributed by atoms with Crippen molar-refractivity contribution in [3.05, 3.63) is 12.7 Å². The molecule has 1 atom stereocenters. The van der Waals surface area contributed by atoms with Crippen LogP contribution in [0.2, 0.25) is 0 Å². The molecule has 58 valence electrons. The van der Waals surface area contributed by atoms with Gasteiger partial charge >= 0.3 is 0 Å². The normalized spacial score (nSPS) is 27.1. The lowest BCUT2D eigenvalue weighted by Crippen LogP contribution is -2.32. The second-order valence-electron chi connectivity index (χ2n) is 2.76. The van der Waals surface area contributed by atoms with E-state index in [9.17, 15) is 0 Å². The Morgan fingerprint density at radius 1 is 1.70 bits per heavy atom. The van der Waals surface area contributed by atoms with Gasteiger partial charge in [-0.25, -0.2) is 0 Å². The molecule has 0 radical (unpaired) electrons. The van der Waals surface area contributed by atoms with E-state index in [4.69, 9.17) is 5.11 Å². The molecule has 0 aromatic rings. The third kappa shape index (κ3) is 1.58. The highest BCUT2D eigenvalue weighted by molar-refractivity contribution is 4.83. The summed E-state index contributed by atoms with van der Waals surface area (Å²) in [6.45, 7) is 6.01. The summed E-state index contributed by atoms with van der Waals surface area (Å²) in [6, 6.07) is 0.401. The number of likely N-dealkylation sites (tertiary alicyclic amines) is 1. The summed E-state index contributed by atoms with van der Waals surface area (Å²) in [6.07, 6.45) is 4.26. The van der Waals surface area contributed by atoms with Crippen LogP contribution in [-0.4, -0.2) is 35.7 Å². The summed E-state index contributed by atoms with van der Waals surface area (Å²) < 4.78 is 0. The second-order valence-corrected chi connectivity index (χ2v) is 2.76. The molecule has 1 saturated heterocycles. The highest BCUT2D eigenvalue weighted by Crippen LogP contribution is 2.15. The molecule has 1 fully saturated rings. The molecule has 0 saturated carbocycles. The monoisotopic (exact) mass is 141 g/mol. The van der Waals surface area contributed by atoms with E-state index < -0.39 is 0 Å². The van der Waals surface area contributed by atoms with Crippen molar-refractivity contribution in [1.82, 2.24) is 4.90 Å². The van der Waals surface area contributed by atoms with Gasteiger partial charge in [-0.15, -0.1) is 6.58 Å². The summed E-state index contributed by atoms with van der Waals surface area (Å²) in [5.41, 5.74) is 0. The van der Waals surface area contributed by atoms with Gasteiger partial charge in [-0.1, -0.05) is 6.08 Å². The SMILES string of the molecule is C=CCN1CCC[C@H]1CO. The van der Waals surface area contributed by atoms with Gasteiger partial charge in [-0.05, 0) is 19.4 Å². The zero-order valence-corrected chi connectivity index (χ0v) is 6.29. The predicted molar refractivity (Wildman–Crippen MR) is 41.9 cm³/mol. The second kappa shape index (κ2) is 3.74. The largest absolute Gasteiger partial charge is 0.395 e. The minimum atomic E-state index is 0.299. The van der Waals surface area contributed by atoms with Gasteiger partial charge in [0, 0.05) is 12.6 Å². The fourth-order valence-corrected chi connectivity index (χ4v) is 1.51. The van der Waals surface area contributed by atoms with Gasteiger partial charge in [-0.3, -0.25) is 4.90 Å². The van der Waals surface area contributed by atoms with E-state index in [2.05, 4.69) is 11.5 Å². The highest BCUT2D eigenvalue weighted by Gasteiger charge is 2.21. The topological polar surface area (TPSA) is 23.5 Å². The molecule has 2 heteroatoms. The molecule has 0 aliphatic carbocycles. The Balaban J connectivity index is 2.34. The number of hydrogen-bond acceptors (Lipinski definition) is 2. The van der Waals surface area contributed by atoms with E-state index in [-0.39, 0.29) is 0 Å². The zero-order chi connectivity index (χ0) is 7.40. The van der Waals surface area contributed by atoms with Gasteiger partial charge in [0.1, 0.15) is 0 Å². The van der Waals surface area contributed by atoms with Crippen LogP contribution in [0.4, 0.5) is 0 Å². The number of nitrogens with zero attached hydrogens (tertiary/aromatic N) is 1. The number of rotatable bonds is 3. The third-order valence-corrected chi connectivity index (χ3v) is 2.07. The number of aliphatic hydroxyl groups excluding tert-OH is 1. The molecule has 0 spiro atoms. The Kier molecular flexibility index (Phi) is 2.90. The van der Waals surface area contributed by atoms with Gasteiger partial charge < -0.3 is 5.11 Å². The first-order valence-electron chi connectivity index (χ1n) is 3.84. The van der Waals surface area contributed by atoms with Crippen LogP contribution in [-0.2, 0) is 0 Å². The van der Waals surface area contributed by atoms with Crippen LogP contribution in [0.15, 0.2) is 12.7 Å². The van der Waals surface area contributed by atoms with E-state index in [1.807, 2.05) is 6.08 Å². The molecule has 10 heavy (non-hydrogen) atoms. The van der Waals surface area contributed by atoms with Gasteiger partial charge in [0.2, 0.25) is 0 Å². The first-order valence-corrected chi connectivity index (χ1v) is 3.84. The van der Waals surface area contributed by atoms with Crippen LogP contribution < -0.4 is 0 Å². The lowest BCUT2D eigenvalue weighted by molar-refractivity contribution is 0.170. The molecule has 0 bridgehead atoms. The smallest absolute Gasteiger partial charge is 0.0587 e. The molecule has 0 amide bonds. The van der Waals surface area contributed by atoms with Crippen LogP contribution in [0, 0.1) is 0 Å². The van der Waals surface area contributed by atoms with Crippen LogP contribution in [0.25, 0.3) is 0 Å². The van der Waals surface area contributed by atoms with E-state index in [1.165, 1.54) is 6.42 Å². The molecular weight excluding hydrogens is 126 g/mol.